The maximum absolute atomic E-state index is 13.6. The molecule has 5 aromatic rings. The van der Waals surface area contributed by atoms with Crippen molar-refractivity contribution in [1.29, 1.82) is 0 Å². The molecule has 0 saturated heterocycles. The third kappa shape index (κ3) is 5.95. The summed E-state index contributed by atoms with van der Waals surface area (Å²) in [5.74, 6) is -0.652. The van der Waals surface area contributed by atoms with Crippen LogP contribution < -0.4 is 10.1 Å². The average Bonchev–Trinajstić information content (AvgIpc) is 3.33. The number of halogens is 1. The van der Waals surface area contributed by atoms with Crippen LogP contribution in [0.4, 0.5) is 5.69 Å². The fraction of sp³-hybridized carbons (Fsp3) is 0.182. The number of aromatic amines is 1. The van der Waals surface area contributed by atoms with Gasteiger partial charge in [-0.1, -0.05) is 41.9 Å². The van der Waals surface area contributed by atoms with E-state index >= 15 is 0 Å². The zero-order valence-corrected chi connectivity index (χ0v) is 23.8. The van der Waals surface area contributed by atoms with Crippen molar-refractivity contribution in [1.82, 2.24) is 9.97 Å². The van der Waals surface area contributed by atoms with Crippen LogP contribution in [0, 0.1) is 20.8 Å². The number of carbonyl (C=O) groups is 2. The number of aromatic nitrogens is 2. The Morgan fingerprint density at radius 1 is 0.976 bits per heavy atom. The van der Waals surface area contributed by atoms with Gasteiger partial charge in [-0.15, -0.1) is 0 Å². The van der Waals surface area contributed by atoms with Crippen molar-refractivity contribution in [3.05, 3.63) is 112 Å². The molecule has 3 aromatic carbocycles. The molecule has 0 radical (unpaired) electrons. The second-order valence-electron chi connectivity index (χ2n) is 10.0. The highest BCUT2D eigenvalue weighted by molar-refractivity contribution is 6.32. The number of nitrogens with one attached hydrogen (secondary N) is 2. The molecular formula is C33H30ClN3O4. The number of ether oxygens (including phenoxy) is 1. The van der Waals surface area contributed by atoms with Gasteiger partial charge < -0.3 is 20.1 Å². The van der Waals surface area contributed by atoms with Gasteiger partial charge >= 0.3 is 5.97 Å². The molecule has 41 heavy (non-hydrogen) atoms. The van der Waals surface area contributed by atoms with E-state index in [1.54, 1.807) is 18.3 Å². The molecule has 5 rings (SSSR count). The molecule has 0 aliphatic rings. The summed E-state index contributed by atoms with van der Waals surface area (Å²) in [6.45, 7) is 6.31. The molecule has 7 nitrogen and oxygen atoms in total. The van der Waals surface area contributed by atoms with E-state index in [4.69, 9.17) is 16.3 Å². The van der Waals surface area contributed by atoms with Gasteiger partial charge in [0.15, 0.2) is 0 Å². The molecule has 0 atom stereocenters. The number of pyridine rings is 1. The van der Waals surface area contributed by atoms with Gasteiger partial charge in [0, 0.05) is 39.1 Å². The second-order valence-corrected chi connectivity index (χ2v) is 10.4. The lowest BCUT2D eigenvalue weighted by atomic mass is 9.99. The first-order valence-corrected chi connectivity index (χ1v) is 13.7. The second kappa shape index (κ2) is 11.9. The Morgan fingerprint density at radius 3 is 2.44 bits per heavy atom. The van der Waals surface area contributed by atoms with Gasteiger partial charge in [-0.3, -0.25) is 9.78 Å². The minimum absolute atomic E-state index is 0.0961. The highest BCUT2D eigenvalue weighted by Crippen LogP contribution is 2.34. The van der Waals surface area contributed by atoms with Gasteiger partial charge in [0.05, 0.1) is 17.7 Å². The molecule has 2 heterocycles. The number of aryl methyl sites for hydroxylation is 4. The highest BCUT2D eigenvalue weighted by Gasteiger charge is 2.21. The van der Waals surface area contributed by atoms with Gasteiger partial charge in [0.2, 0.25) is 0 Å². The summed E-state index contributed by atoms with van der Waals surface area (Å²) in [6, 6.07) is 20.0. The highest BCUT2D eigenvalue weighted by atomic mass is 35.5. The molecular weight excluding hydrogens is 538 g/mol. The average molecular weight is 568 g/mol. The fourth-order valence-corrected chi connectivity index (χ4v) is 5.18. The number of benzene rings is 3. The van der Waals surface area contributed by atoms with Crippen LogP contribution in [-0.2, 0) is 6.42 Å². The molecule has 8 heteroatoms. The van der Waals surface area contributed by atoms with Crippen molar-refractivity contribution in [3.63, 3.8) is 0 Å². The number of hydrogen-bond donors (Lipinski definition) is 3. The van der Waals surface area contributed by atoms with Crippen LogP contribution >= 0.6 is 11.6 Å². The Labute approximate surface area is 243 Å². The number of anilines is 1. The maximum Gasteiger partial charge on any atom is 0.335 e. The first-order valence-electron chi connectivity index (χ1n) is 13.3. The van der Waals surface area contributed by atoms with Crippen molar-refractivity contribution < 1.29 is 19.4 Å². The summed E-state index contributed by atoms with van der Waals surface area (Å²) in [4.78, 5) is 32.9. The molecule has 3 N–H and O–H groups in total. The third-order valence-electron chi connectivity index (χ3n) is 7.08. The SMILES string of the molecule is Cc1cc(OCCCc2c(C(=O)Nc3cccc(C(=O)O)c3)[nH]c3c(-c4cccnc4C)cccc23)cc(C)c1Cl. The number of aromatic carboxylic acids is 1. The van der Waals surface area contributed by atoms with Crippen molar-refractivity contribution in [2.45, 2.75) is 33.6 Å². The van der Waals surface area contributed by atoms with E-state index in [9.17, 15) is 14.7 Å². The summed E-state index contributed by atoms with van der Waals surface area (Å²) in [6.07, 6.45) is 3.00. The minimum atomic E-state index is -1.06. The summed E-state index contributed by atoms with van der Waals surface area (Å²) in [7, 11) is 0. The molecule has 0 bridgehead atoms. The Hall–Kier alpha value is -4.62. The Balaban J connectivity index is 1.47. The molecule has 0 aliphatic heterocycles. The molecule has 1 amide bonds. The van der Waals surface area contributed by atoms with Crippen LogP contribution in [-0.4, -0.2) is 33.6 Å². The number of fused-ring (bicyclic) bond motifs is 1. The van der Waals surface area contributed by atoms with Crippen LogP contribution in [0.25, 0.3) is 22.0 Å². The number of amides is 1. The van der Waals surface area contributed by atoms with Gasteiger partial charge in [-0.2, -0.15) is 0 Å². The number of carbonyl (C=O) groups excluding carboxylic acids is 1. The van der Waals surface area contributed by atoms with Crippen LogP contribution in [0.5, 0.6) is 5.75 Å². The van der Waals surface area contributed by atoms with Gasteiger partial charge in [-0.25, -0.2) is 4.79 Å². The van der Waals surface area contributed by atoms with Gasteiger partial charge in [0.25, 0.3) is 5.91 Å². The van der Waals surface area contributed by atoms with E-state index in [-0.39, 0.29) is 11.5 Å². The number of nitrogens with zero attached hydrogens (tertiary/aromatic N) is 1. The monoisotopic (exact) mass is 567 g/mol. The van der Waals surface area contributed by atoms with Crippen molar-refractivity contribution in [3.8, 4) is 16.9 Å². The van der Waals surface area contributed by atoms with Crippen molar-refractivity contribution in [2.24, 2.45) is 0 Å². The zero-order chi connectivity index (χ0) is 29.1. The zero-order valence-electron chi connectivity index (χ0n) is 23.0. The third-order valence-corrected chi connectivity index (χ3v) is 7.68. The Kier molecular flexibility index (Phi) is 8.08. The number of carboxylic acids is 1. The topological polar surface area (TPSA) is 104 Å². The Bertz CT molecular complexity index is 1750. The van der Waals surface area contributed by atoms with Gasteiger partial charge in [0.1, 0.15) is 11.4 Å². The molecule has 0 spiro atoms. The predicted octanol–water partition coefficient (Wildman–Crippen LogP) is 7.77. The first kappa shape index (κ1) is 27.9. The lowest BCUT2D eigenvalue weighted by Crippen LogP contribution is -2.15. The maximum atomic E-state index is 13.6. The molecule has 208 valence electrons. The number of para-hydroxylation sites is 1. The summed E-state index contributed by atoms with van der Waals surface area (Å²) in [5, 5.41) is 13.9. The van der Waals surface area contributed by atoms with E-state index in [2.05, 4.69) is 15.3 Å². The normalized spacial score (nSPS) is 11.0. The summed E-state index contributed by atoms with van der Waals surface area (Å²) in [5.41, 5.74) is 7.36. The molecule has 0 fully saturated rings. The molecule has 2 aromatic heterocycles. The van der Waals surface area contributed by atoms with E-state index in [1.807, 2.05) is 63.2 Å². The Morgan fingerprint density at radius 2 is 1.71 bits per heavy atom. The summed E-state index contributed by atoms with van der Waals surface area (Å²) >= 11 is 6.30. The first-order chi connectivity index (χ1) is 19.7. The number of H-pyrrole nitrogens is 1. The fourth-order valence-electron chi connectivity index (χ4n) is 5.07. The van der Waals surface area contributed by atoms with Crippen LogP contribution in [0.1, 0.15) is 49.7 Å². The smallest absolute Gasteiger partial charge is 0.335 e. The molecule has 0 unspecified atom stereocenters. The van der Waals surface area contributed by atoms with Crippen LogP contribution in [0.2, 0.25) is 5.02 Å². The minimum Gasteiger partial charge on any atom is -0.494 e. The van der Waals surface area contributed by atoms with Crippen LogP contribution in [0.3, 0.4) is 0 Å². The van der Waals surface area contributed by atoms with E-state index in [1.165, 1.54) is 12.1 Å². The number of rotatable bonds is 9. The predicted molar refractivity (Wildman–Crippen MR) is 162 cm³/mol. The largest absolute Gasteiger partial charge is 0.494 e. The standard InChI is InChI=1S/C33H30ClN3O4/c1-19-16-24(17-20(2)29(19)34)41-15-7-13-28-27-11-5-10-26(25-12-6-14-35-21(25)3)30(27)37-31(28)32(38)36-23-9-4-8-22(18-23)33(39)40/h4-6,8-12,14,16-18,37H,7,13,15H2,1-3H3,(H,36,38)(H,39,40). The molecule has 0 aliphatic carbocycles. The van der Waals surface area contributed by atoms with E-state index in [0.717, 1.165) is 55.2 Å². The van der Waals surface area contributed by atoms with E-state index < -0.39 is 5.97 Å². The van der Waals surface area contributed by atoms with Gasteiger partial charge in [-0.05, 0) is 86.7 Å². The lowest BCUT2D eigenvalue weighted by Gasteiger charge is -2.11. The number of hydrogen-bond acceptors (Lipinski definition) is 4. The lowest BCUT2D eigenvalue weighted by molar-refractivity contribution is 0.0696. The van der Waals surface area contributed by atoms with E-state index in [0.29, 0.717) is 30.8 Å². The summed E-state index contributed by atoms with van der Waals surface area (Å²) < 4.78 is 6.04. The van der Waals surface area contributed by atoms with Crippen LogP contribution in [0.15, 0.2) is 72.9 Å². The number of carboxylic acid groups (broad SMARTS) is 1. The van der Waals surface area contributed by atoms with Crippen molar-refractivity contribution >= 4 is 40.1 Å². The van der Waals surface area contributed by atoms with Crippen molar-refractivity contribution in [2.75, 3.05) is 11.9 Å². The quantitative estimate of drug-likeness (QED) is 0.158. The molecule has 0 saturated carbocycles.